The number of carbonyl (C=O) groups is 1. The van der Waals surface area contributed by atoms with Gasteiger partial charge >= 0.3 is 6.18 Å². The number of amides is 1. The number of aryl methyl sites for hydroxylation is 1. The number of hydrogen-bond acceptors (Lipinski definition) is 5. The molecule has 1 heterocycles. The zero-order chi connectivity index (χ0) is 23.1. The van der Waals surface area contributed by atoms with E-state index in [0.717, 1.165) is 30.3 Å². The molecule has 0 aliphatic rings. The number of aromatic nitrogens is 3. The first kappa shape index (κ1) is 22.6. The van der Waals surface area contributed by atoms with Crippen molar-refractivity contribution in [3.63, 3.8) is 0 Å². The van der Waals surface area contributed by atoms with Gasteiger partial charge in [0.05, 0.1) is 4.90 Å². The number of halogens is 6. The van der Waals surface area contributed by atoms with Crippen molar-refractivity contribution in [3.8, 4) is 5.69 Å². The summed E-state index contributed by atoms with van der Waals surface area (Å²) in [5.74, 6) is -3.94. The minimum Gasteiger partial charge on any atom is -0.266 e. The third-order valence-electron chi connectivity index (χ3n) is 3.96. The van der Waals surface area contributed by atoms with Crippen LogP contribution in [0.3, 0.4) is 0 Å². The van der Waals surface area contributed by atoms with Crippen molar-refractivity contribution < 1.29 is 35.2 Å². The van der Waals surface area contributed by atoms with E-state index in [1.54, 1.807) is 0 Å². The fraction of sp³-hybridized carbons (Fsp3) is 0.118. The van der Waals surface area contributed by atoms with E-state index in [1.165, 1.54) is 11.6 Å². The lowest BCUT2D eigenvalue weighted by atomic mass is 10.2. The predicted octanol–water partition coefficient (Wildman–Crippen LogP) is 3.64. The highest BCUT2D eigenvalue weighted by atomic mass is 35.5. The lowest BCUT2D eigenvalue weighted by Crippen LogP contribution is -2.33. The Morgan fingerprint density at radius 2 is 1.81 bits per heavy atom. The molecule has 164 valence electrons. The summed E-state index contributed by atoms with van der Waals surface area (Å²) in [7, 11) is -4.77. The van der Waals surface area contributed by atoms with Crippen LogP contribution in [-0.2, 0) is 16.2 Å². The monoisotopic (exact) mass is 480 g/mol. The molecule has 3 rings (SSSR count). The highest BCUT2D eigenvalue weighted by Gasteiger charge is 2.43. The van der Waals surface area contributed by atoms with Crippen LogP contribution in [0.25, 0.3) is 5.69 Å². The van der Waals surface area contributed by atoms with Gasteiger partial charge in [-0.05, 0) is 42.8 Å². The Kier molecular flexibility index (Phi) is 5.76. The molecule has 0 aliphatic heterocycles. The average molecular weight is 481 g/mol. The first-order chi connectivity index (χ1) is 14.3. The van der Waals surface area contributed by atoms with Gasteiger partial charge in [0.2, 0.25) is 0 Å². The smallest absolute Gasteiger partial charge is 0.266 e. The molecular weight excluding hydrogens is 471 g/mol. The molecule has 0 radical (unpaired) electrons. The van der Waals surface area contributed by atoms with Gasteiger partial charge in [0.1, 0.15) is 17.3 Å². The molecule has 0 aliphatic carbocycles. The Morgan fingerprint density at radius 3 is 2.42 bits per heavy atom. The van der Waals surface area contributed by atoms with Crippen LogP contribution in [0.15, 0.2) is 41.3 Å². The number of rotatable bonds is 4. The maximum atomic E-state index is 14.1. The van der Waals surface area contributed by atoms with Crippen LogP contribution in [0.2, 0.25) is 5.02 Å². The number of benzene rings is 2. The SMILES string of the molecule is Cc1ccc(F)cc1S(=O)(=O)NC(=O)c1nnn(-c2ccc(Cl)cc2F)c1C(F)(F)F. The second-order valence-electron chi connectivity index (χ2n) is 6.14. The molecule has 0 unspecified atom stereocenters. The van der Waals surface area contributed by atoms with Gasteiger partial charge in [-0.3, -0.25) is 4.79 Å². The van der Waals surface area contributed by atoms with Gasteiger partial charge in [0.25, 0.3) is 15.9 Å². The lowest BCUT2D eigenvalue weighted by Gasteiger charge is -2.12. The standard InChI is InChI=1S/C17H10ClF5N4O3S/c1-8-2-4-10(19)7-13(8)31(29,30)25-16(28)14-15(17(21,22)23)27(26-24-14)12-5-3-9(18)6-11(12)20/h2-7H,1H3,(H,25,28). The summed E-state index contributed by atoms with van der Waals surface area (Å²) in [6.45, 7) is 1.29. The second-order valence-corrected chi connectivity index (χ2v) is 8.22. The fourth-order valence-corrected chi connectivity index (χ4v) is 3.97. The van der Waals surface area contributed by atoms with Crippen LogP contribution in [0.5, 0.6) is 0 Å². The average Bonchev–Trinajstić information content (AvgIpc) is 3.08. The van der Waals surface area contributed by atoms with E-state index in [0.29, 0.717) is 6.07 Å². The molecular formula is C17H10ClF5N4O3S. The van der Waals surface area contributed by atoms with E-state index in [2.05, 4.69) is 10.3 Å². The fourth-order valence-electron chi connectivity index (χ4n) is 2.60. The lowest BCUT2D eigenvalue weighted by molar-refractivity contribution is -0.143. The largest absolute Gasteiger partial charge is 0.435 e. The summed E-state index contributed by atoms with van der Waals surface area (Å²) in [4.78, 5) is 11.7. The minimum atomic E-state index is -5.28. The van der Waals surface area contributed by atoms with E-state index in [-0.39, 0.29) is 15.3 Å². The molecule has 7 nitrogen and oxygen atoms in total. The minimum absolute atomic E-state index is 0.000625. The molecule has 1 aromatic heterocycles. The van der Waals surface area contributed by atoms with Crippen LogP contribution in [0.1, 0.15) is 21.7 Å². The van der Waals surface area contributed by atoms with Gasteiger partial charge in [0, 0.05) is 5.02 Å². The molecule has 0 saturated heterocycles. The van der Waals surface area contributed by atoms with Crippen molar-refractivity contribution in [2.45, 2.75) is 18.0 Å². The molecule has 0 fully saturated rings. The molecule has 3 aromatic rings. The van der Waals surface area contributed by atoms with Gasteiger partial charge in [-0.15, -0.1) is 5.10 Å². The van der Waals surface area contributed by atoms with Gasteiger partial charge < -0.3 is 0 Å². The number of hydrogen-bond donors (Lipinski definition) is 1. The van der Waals surface area contributed by atoms with Crippen LogP contribution in [0, 0.1) is 18.6 Å². The first-order valence-corrected chi connectivity index (χ1v) is 9.99. The summed E-state index contributed by atoms with van der Waals surface area (Å²) < 4.78 is 94.7. The van der Waals surface area contributed by atoms with Crippen LogP contribution < -0.4 is 4.72 Å². The molecule has 0 bridgehead atoms. The highest BCUT2D eigenvalue weighted by Crippen LogP contribution is 2.33. The molecule has 14 heteroatoms. The van der Waals surface area contributed by atoms with Crippen molar-refractivity contribution in [1.29, 1.82) is 0 Å². The van der Waals surface area contributed by atoms with Crippen molar-refractivity contribution in [3.05, 3.63) is 70.0 Å². The molecule has 0 atom stereocenters. The van der Waals surface area contributed by atoms with Crippen LogP contribution >= 0.6 is 11.6 Å². The number of nitrogens with zero attached hydrogens (tertiary/aromatic N) is 3. The van der Waals surface area contributed by atoms with E-state index in [1.807, 2.05) is 0 Å². The van der Waals surface area contributed by atoms with Gasteiger partial charge in [0.15, 0.2) is 11.4 Å². The van der Waals surface area contributed by atoms with E-state index < -0.39 is 55.7 Å². The number of sulfonamides is 1. The normalized spacial score (nSPS) is 12.1. The zero-order valence-corrected chi connectivity index (χ0v) is 16.8. The van der Waals surface area contributed by atoms with Crippen molar-refractivity contribution in [2.75, 3.05) is 0 Å². The summed E-state index contributed by atoms with van der Waals surface area (Å²) in [6, 6.07) is 5.33. The molecule has 0 saturated carbocycles. The summed E-state index contributed by atoms with van der Waals surface area (Å²) in [5, 5.41) is 6.12. The topological polar surface area (TPSA) is 93.9 Å². The number of carbonyl (C=O) groups excluding carboxylic acids is 1. The molecule has 1 N–H and O–H groups in total. The van der Waals surface area contributed by atoms with Gasteiger partial charge in [-0.1, -0.05) is 22.9 Å². The Bertz CT molecular complexity index is 1290. The van der Waals surface area contributed by atoms with Gasteiger partial charge in [-0.25, -0.2) is 26.6 Å². The van der Waals surface area contributed by atoms with Crippen LogP contribution in [0.4, 0.5) is 22.0 Å². The number of alkyl halides is 3. The van der Waals surface area contributed by atoms with E-state index in [4.69, 9.17) is 11.6 Å². The van der Waals surface area contributed by atoms with E-state index in [9.17, 15) is 35.2 Å². The Balaban J connectivity index is 2.08. The van der Waals surface area contributed by atoms with Crippen LogP contribution in [-0.4, -0.2) is 29.3 Å². The molecule has 0 spiro atoms. The molecule has 2 aromatic carbocycles. The molecule has 31 heavy (non-hydrogen) atoms. The van der Waals surface area contributed by atoms with Crippen molar-refractivity contribution in [2.24, 2.45) is 0 Å². The number of nitrogens with one attached hydrogen (secondary N) is 1. The summed E-state index contributed by atoms with van der Waals surface area (Å²) in [6.07, 6.45) is -5.28. The summed E-state index contributed by atoms with van der Waals surface area (Å²) in [5.41, 5.74) is -3.95. The van der Waals surface area contributed by atoms with Gasteiger partial charge in [-0.2, -0.15) is 13.2 Å². The third-order valence-corrected chi connectivity index (χ3v) is 5.67. The third kappa shape index (κ3) is 4.51. The first-order valence-electron chi connectivity index (χ1n) is 8.13. The quantitative estimate of drug-likeness (QED) is 0.575. The predicted molar refractivity (Wildman–Crippen MR) is 97.1 cm³/mol. The maximum Gasteiger partial charge on any atom is 0.435 e. The van der Waals surface area contributed by atoms with Crippen molar-refractivity contribution >= 4 is 27.5 Å². The Labute approximate surface area is 176 Å². The zero-order valence-electron chi connectivity index (χ0n) is 15.2. The Morgan fingerprint density at radius 1 is 1.13 bits per heavy atom. The van der Waals surface area contributed by atoms with E-state index >= 15 is 0 Å². The highest BCUT2D eigenvalue weighted by molar-refractivity contribution is 7.90. The summed E-state index contributed by atoms with van der Waals surface area (Å²) >= 11 is 5.58. The second kappa shape index (κ2) is 7.89. The Hall–Kier alpha value is -3.06. The maximum absolute atomic E-state index is 14.1. The van der Waals surface area contributed by atoms with Crippen molar-refractivity contribution in [1.82, 2.24) is 19.7 Å². The molecule has 1 amide bonds.